The van der Waals surface area contributed by atoms with E-state index < -0.39 is 12.3 Å². The average Bonchev–Trinajstić information content (AvgIpc) is 4.01. The van der Waals surface area contributed by atoms with Crippen LogP contribution in [0, 0.1) is 6.85 Å². The van der Waals surface area contributed by atoms with Crippen molar-refractivity contribution >= 4 is 67.9 Å². The van der Waals surface area contributed by atoms with Gasteiger partial charge in [-0.25, -0.2) is 0 Å². The molecule has 0 atom stereocenters. The molecule has 0 N–H and O–H groups in total. The van der Waals surface area contributed by atoms with E-state index in [-0.39, 0.29) is 6.71 Å². The number of fused-ring (bicyclic) bond motifs is 15. The summed E-state index contributed by atoms with van der Waals surface area (Å²) in [6.07, 6.45) is 0. The number of hydrogen-bond donors (Lipinski definition) is 0. The molecule has 2 aliphatic heterocycles. The third-order valence-electron chi connectivity index (χ3n) is 14.1. The largest absolute Gasteiger partial charge is 0.311 e. The van der Waals surface area contributed by atoms with Crippen LogP contribution in [0.5, 0.6) is 0 Å². The van der Waals surface area contributed by atoms with Crippen LogP contribution in [0.4, 0.5) is 34.1 Å². The Morgan fingerprint density at radius 1 is 0.453 bits per heavy atom. The number of anilines is 6. The fourth-order valence-electron chi connectivity index (χ4n) is 11.7. The fourth-order valence-corrected chi connectivity index (χ4v) is 13.4. The first kappa shape index (κ1) is 33.0. The highest BCUT2D eigenvalue weighted by molar-refractivity contribution is 7.30. The number of benzene rings is 9. The molecule has 64 heavy (non-hydrogen) atoms. The molecule has 0 bridgehead atoms. The van der Waals surface area contributed by atoms with Crippen molar-refractivity contribution < 1.29 is 4.11 Å². The molecule has 0 amide bonds. The van der Waals surface area contributed by atoms with E-state index in [1.807, 2.05) is 29.5 Å². The van der Waals surface area contributed by atoms with E-state index in [2.05, 4.69) is 210 Å². The van der Waals surface area contributed by atoms with Gasteiger partial charge in [0.2, 0.25) is 0 Å². The minimum absolute atomic E-state index is 0.203. The summed E-state index contributed by atoms with van der Waals surface area (Å²) >= 11 is 1.94. The summed E-state index contributed by atoms with van der Waals surface area (Å²) < 4.78 is 28.4. The lowest BCUT2D eigenvalue weighted by atomic mass is 9.36. The molecule has 0 saturated heterocycles. The fraction of sp³-hybridized carbons (Fsp3) is 0.0333. The summed E-state index contributed by atoms with van der Waals surface area (Å²) in [6.45, 7) is -2.58. The topological polar surface area (TPSA) is 6.48 Å². The molecule has 0 fully saturated rings. The minimum Gasteiger partial charge on any atom is -0.311 e. The lowest BCUT2D eigenvalue weighted by molar-refractivity contribution is 0.811. The highest BCUT2D eigenvalue weighted by Gasteiger charge is 2.56. The molecule has 2 nitrogen and oxygen atoms in total. The van der Waals surface area contributed by atoms with Crippen molar-refractivity contribution in [2.75, 3.05) is 9.80 Å². The van der Waals surface area contributed by atoms with E-state index in [0.717, 1.165) is 61.8 Å². The standard InChI is InChI=1S/C60H39BN2S/c1-38-35-53-56-54(36-38)63(42-23-9-4-10-24-42)57-55-47-29-15-18-32-50(47)60(48-30-16-13-27-45(48)46-28-14-17-31-49(46)60)58(55)64-59(57)61(56)51-34-33-40(37-52(51)62(53)41-21-7-3-8-22-41)44-26-12-11-25-43(44)39-19-5-2-6-20-39/h2-37H,1H3/i1D3. The summed E-state index contributed by atoms with van der Waals surface area (Å²) in [7, 11) is 0. The van der Waals surface area contributed by atoms with Crippen molar-refractivity contribution in [3.05, 3.63) is 246 Å². The Kier molecular flexibility index (Phi) is 6.92. The third-order valence-corrected chi connectivity index (χ3v) is 15.5. The monoisotopic (exact) mass is 833 g/mol. The third kappa shape index (κ3) is 4.70. The summed E-state index contributed by atoms with van der Waals surface area (Å²) in [5.74, 6) is 0. The molecule has 14 rings (SSSR count). The molecular weight excluding hydrogens is 792 g/mol. The summed E-state index contributed by atoms with van der Waals surface area (Å²) in [4.78, 5) is 6.03. The van der Waals surface area contributed by atoms with Crippen molar-refractivity contribution in [2.45, 2.75) is 12.3 Å². The quantitative estimate of drug-likeness (QED) is 0.163. The van der Waals surface area contributed by atoms with Crippen molar-refractivity contribution in [3.8, 4) is 44.5 Å². The van der Waals surface area contributed by atoms with Crippen molar-refractivity contribution in [2.24, 2.45) is 0 Å². The first-order chi connectivity index (χ1) is 32.9. The zero-order chi connectivity index (χ0) is 44.6. The molecule has 4 heteroatoms. The smallest absolute Gasteiger partial charge is 0.264 e. The second-order valence-corrected chi connectivity index (χ2v) is 18.3. The second-order valence-electron chi connectivity index (χ2n) is 17.3. The number of hydrogen-bond acceptors (Lipinski definition) is 3. The van der Waals surface area contributed by atoms with Crippen molar-refractivity contribution in [1.82, 2.24) is 0 Å². The van der Waals surface area contributed by atoms with Gasteiger partial charge < -0.3 is 9.80 Å². The van der Waals surface area contributed by atoms with Gasteiger partial charge in [0.05, 0.1) is 11.1 Å². The summed E-state index contributed by atoms with van der Waals surface area (Å²) in [5, 5.41) is 0. The van der Waals surface area contributed by atoms with Crippen LogP contribution in [0.15, 0.2) is 218 Å². The molecule has 3 heterocycles. The maximum atomic E-state index is 9.05. The molecule has 10 aromatic rings. The number of thiophene rings is 1. The van der Waals surface area contributed by atoms with Crippen LogP contribution in [0.3, 0.4) is 0 Å². The summed E-state index contributed by atoms with van der Waals surface area (Å²) in [5.41, 5.74) is 21.4. The molecule has 4 aliphatic rings. The van der Waals surface area contributed by atoms with Crippen LogP contribution in [-0.4, -0.2) is 6.71 Å². The van der Waals surface area contributed by atoms with E-state index in [1.54, 1.807) is 0 Å². The van der Waals surface area contributed by atoms with Gasteiger partial charge in [-0.1, -0.05) is 176 Å². The van der Waals surface area contributed by atoms with Crippen LogP contribution in [0.1, 0.15) is 31.2 Å². The van der Waals surface area contributed by atoms with E-state index in [0.29, 0.717) is 5.56 Å². The Balaban J connectivity index is 1.12. The van der Waals surface area contributed by atoms with Gasteiger partial charge in [0, 0.05) is 47.8 Å². The Hall–Kier alpha value is -7.66. The first-order valence-corrected chi connectivity index (χ1v) is 22.9. The van der Waals surface area contributed by atoms with Gasteiger partial charge in [0.15, 0.2) is 0 Å². The predicted molar refractivity (Wildman–Crippen MR) is 270 cm³/mol. The molecule has 0 unspecified atom stereocenters. The van der Waals surface area contributed by atoms with Crippen LogP contribution in [0.2, 0.25) is 0 Å². The highest BCUT2D eigenvalue weighted by Crippen LogP contribution is 2.67. The van der Waals surface area contributed by atoms with Gasteiger partial charge in [-0.05, 0) is 121 Å². The number of rotatable bonds is 4. The molecule has 1 spiro atoms. The van der Waals surface area contributed by atoms with Crippen LogP contribution < -0.4 is 25.5 Å². The Labute approximate surface area is 382 Å². The average molecular weight is 834 g/mol. The van der Waals surface area contributed by atoms with Crippen molar-refractivity contribution in [3.63, 3.8) is 0 Å². The van der Waals surface area contributed by atoms with Gasteiger partial charge in [-0.3, -0.25) is 0 Å². The van der Waals surface area contributed by atoms with E-state index >= 15 is 0 Å². The van der Waals surface area contributed by atoms with Gasteiger partial charge >= 0.3 is 0 Å². The molecule has 0 radical (unpaired) electrons. The Bertz CT molecular complexity index is 3610. The van der Waals surface area contributed by atoms with E-state index in [4.69, 9.17) is 4.11 Å². The van der Waals surface area contributed by atoms with Crippen LogP contribution >= 0.6 is 11.3 Å². The Morgan fingerprint density at radius 3 is 1.58 bits per heavy atom. The zero-order valence-corrected chi connectivity index (χ0v) is 35.5. The van der Waals surface area contributed by atoms with E-state index in [1.165, 1.54) is 54.1 Å². The number of nitrogens with zero attached hydrogens (tertiary/aromatic N) is 2. The lowest BCUT2D eigenvalue weighted by Gasteiger charge is -2.43. The van der Waals surface area contributed by atoms with E-state index in [9.17, 15) is 0 Å². The SMILES string of the molecule is [2H]C([2H])([2H])c1cc2c3c(c1)N(c1ccccc1)c1c(sc4c1-c1ccccc1C41c4ccccc4-c4ccccc41)B3c1ccc(-c3ccccc3-c3ccccc3)cc1N2c1ccccc1. The lowest BCUT2D eigenvalue weighted by Crippen LogP contribution is -2.60. The second kappa shape index (κ2) is 13.4. The first-order valence-electron chi connectivity index (χ1n) is 23.6. The molecule has 0 saturated carbocycles. The highest BCUT2D eigenvalue weighted by atomic mass is 32.1. The maximum Gasteiger partial charge on any atom is 0.264 e. The van der Waals surface area contributed by atoms with Gasteiger partial charge in [-0.15, -0.1) is 11.3 Å². The van der Waals surface area contributed by atoms with Crippen LogP contribution in [-0.2, 0) is 5.41 Å². The summed E-state index contributed by atoms with van der Waals surface area (Å²) in [6, 6.07) is 78.2. The molecule has 1 aromatic heterocycles. The van der Waals surface area contributed by atoms with Crippen molar-refractivity contribution in [1.29, 1.82) is 0 Å². The normalized spacial score (nSPS) is 14.9. The van der Waals surface area contributed by atoms with Gasteiger partial charge in [-0.2, -0.15) is 0 Å². The predicted octanol–water partition coefficient (Wildman–Crippen LogP) is 13.8. The molecule has 298 valence electrons. The maximum absolute atomic E-state index is 9.05. The molecular formula is C60H39BN2S. The zero-order valence-electron chi connectivity index (χ0n) is 37.7. The van der Waals surface area contributed by atoms with Gasteiger partial charge in [0.25, 0.3) is 6.71 Å². The number of para-hydroxylation sites is 2. The minimum atomic E-state index is -2.38. The molecule has 9 aromatic carbocycles. The van der Waals surface area contributed by atoms with Gasteiger partial charge in [0.1, 0.15) is 0 Å². The Morgan fingerprint density at radius 2 is 0.953 bits per heavy atom. The molecule has 2 aliphatic carbocycles. The van der Waals surface area contributed by atoms with Crippen LogP contribution in [0.25, 0.3) is 44.5 Å². The number of aryl methyl sites for hydroxylation is 1.